The van der Waals surface area contributed by atoms with Crippen molar-refractivity contribution in [2.45, 2.75) is 0 Å². The van der Waals surface area contributed by atoms with E-state index < -0.39 is 0 Å². The van der Waals surface area contributed by atoms with Crippen LogP contribution < -0.4 is 4.90 Å². The number of aromatic nitrogens is 1. The summed E-state index contributed by atoms with van der Waals surface area (Å²) in [6, 6.07) is 92.8. The molecular formula is C62H42N2. The lowest BCUT2D eigenvalue weighted by Gasteiger charge is -2.27. The van der Waals surface area contributed by atoms with Gasteiger partial charge in [-0.25, -0.2) is 0 Å². The molecule has 0 bridgehead atoms. The molecule has 0 aliphatic carbocycles. The molecule has 0 fully saturated rings. The molecule has 1 heterocycles. The maximum absolute atomic E-state index is 2.45. The van der Waals surface area contributed by atoms with E-state index in [9.17, 15) is 0 Å². The second kappa shape index (κ2) is 15.8. The van der Waals surface area contributed by atoms with E-state index in [1.165, 1.54) is 82.3 Å². The van der Waals surface area contributed by atoms with E-state index in [1.807, 2.05) is 0 Å². The van der Waals surface area contributed by atoms with E-state index in [0.29, 0.717) is 0 Å². The molecule has 12 rings (SSSR count). The summed E-state index contributed by atoms with van der Waals surface area (Å²) in [5.74, 6) is 0. The van der Waals surface area contributed by atoms with Crippen LogP contribution in [0.1, 0.15) is 0 Å². The fraction of sp³-hybridized carbons (Fsp3) is 0. The second-order valence-electron chi connectivity index (χ2n) is 16.5. The van der Waals surface area contributed by atoms with Crippen LogP contribution in [0.25, 0.3) is 93.5 Å². The van der Waals surface area contributed by atoms with Crippen LogP contribution >= 0.6 is 0 Å². The van der Waals surface area contributed by atoms with Crippen molar-refractivity contribution in [1.29, 1.82) is 0 Å². The molecule has 1 aromatic heterocycles. The fourth-order valence-corrected chi connectivity index (χ4v) is 9.67. The highest BCUT2D eigenvalue weighted by Gasteiger charge is 2.21. The summed E-state index contributed by atoms with van der Waals surface area (Å²) in [5.41, 5.74) is 16.2. The summed E-state index contributed by atoms with van der Waals surface area (Å²) < 4.78 is 2.45. The molecule has 0 saturated heterocycles. The third-order valence-corrected chi connectivity index (χ3v) is 12.7. The minimum absolute atomic E-state index is 1.08. The van der Waals surface area contributed by atoms with Gasteiger partial charge in [0.15, 0.2) is 0 Å². The predicted octanol–water partition coefficient (Wildman–Crippen LogP) is 17.2. The molecule has 0 unspecified atom stereocenters. The third-order valence-electron chi connectivity index (χ3n) is 12.7. The Morgan fingerprint density at radius 3 is 1.52 bits per heavy atom. The second-order valence-corrected chi connectivity index (χ2v) is 16.5. The van der Waals surface area contributed by atoms with Gasteiger partial charge in [0.2, 0.25) is 0 Å². The SMILES string of the molecule is c1ccc(-c2ccc(N(c3cccc(-c4cc(-c5ccccc5)cc5c4c4ccc(-c6ccccc6)cc4n5-c4ccccc4)c3)c3ccc4c(ccc5ccccc54)c3)cc2)cc1. The van der Waals surface area contributed by atoms with Crippen molar-refractivity contribution in [3.05, 3.63) is 255 Å². The molecule has 0 saturated carbocycles. The summed E-state index contributed by atoms with van der Waals surface area (Å²) in [7, 11) is 0. The van der Waals surface area contributed by atoms with Gasteiger partial charge in [0.1, 0.15) is 0 Å². The molecule has 0 N–H and O–H groups in total. The highest BCUT2D eigenvalue weighted by atomic mass is 15.1. The van der Waals surface area contributed by atoms with Crippen LogP contribution in [0.4, 0.5) is 17.1 Å². The number of rotatable bonds is 8. The van der Waals surface area contributed by atoms with Crippen LogP contribution in [0.5, 0.6) is 0 Å². The Kier molecular flexibility index (Phi) is 9.20. The lowest BCUT2D eigenvalue weighted by atomic mass is 9.93. The Bertz CT molecular complexity index is 3630. The summed E-state index contributed by atoms with van der Waals surface area (Å²) >= 11 is 0. The van der Waals surface area contributed by atoms with Gasteiger partial charge in [-0.1, -0.05) is 188 Å². The molecule has 300 valence electrons. The molecule has 64 heavy (non-hydrogen) atoms. The van der Waals surface area contributed by atoms with Gasteiger partial charge in [0, 0.05) is 33.5 Å². The van der Waals surface area contributed by atoms with Crippen LogP contribution in [-0.4, -0.2) is 4.57 Å². The average molecular weight is 815 g/mol. The minimum atomic E-state index is 1.08. The van der Waals surface area contributed by atoms with E-state index in [2.05, 4.69) is 264 Å². The molecule has 12 aromatic rings. The quantitative estimate of drug-likeness (QED) is 0.139. The van der Waals surface area contributed by atoms with Crippen LogP contribution in [0.15, 0.2) is 255 Å². The Morgan fingerprint density at radius 2 is 0.781 bits per heavy atom. The van der Waals surface area contributed by atoms with Crippen molar-refractivity contribution < 1.29 is 0 Å². The smallest absolute Gasteiger partial charge is 0.0553 e. The summed E-state index contributed by atoms with van der Waals surface area (Å²) in [6.07, 6.45) is 0. The molecule has 0 aliphatic rings. The normalized spacial score (nSPS) is 11.4. The third kappa shape index (κ3) is 6.61. The van der Waals surface area contributed by atoms with E-state index >= 15 is 0 Å². The first kappa shape index (κ1) is 37.3. The highest BCUT2D eigenvalue weighted by Crippen LogP contribution is 2.45. The number of benzene rings is 11. The van der Waals surface area contributed by atoms with E-state index in [0.717, 1.165) is 28.3 Å². The average Bonchev–Trinajstić information content (AvgIpc) is 3.71. The lowest BCUT2D eigenvalue weighted by molar-refractivity contribution is 1.18. The Hall–Kier alpha value is -8.46. The number of hydrogen-bond donors (Lipinski definition) is 0. The largest absolute Gasteiger partial charge is 0.310 e. The van der Waals surface area contributed by atoms with Crippen molar-refractivity contribution in [2.24, 2.45) is 0 Å². The fourth-order valence-electron chi connectivity index (χ4n) is 9.67. The molecule has 2 nitrogen and oxygen atoms in total. The standard InChI is InChI=1S/C62H42N2/c1-5-16-43(17-6-1)46-30-33-53(34-31-46)63(55-35-37-57-50(39-55)29-28-47-22-13-14-27-56(47)57)54-26-15-23-49(38-54)59-40-51(45-20-9-3-10-21-45)42-61-62(59)58-36-32-48(44-18-7-2-8-19-44)41-60(58)64(61)52-24-11-4-12-25-52/h1-42H. The van der Waals surface area contributed by atoms with Crippen LogP contribution in [-0.2, 0) is 0 Å². The Morgan fingerprint density at radius 1 is 0.266 bits per heavy atom. The first-order valence-corrected chi connectivity index (χ1v) is 22.0. The van der Waals surface area contributed by atoms with Crippen molar-refractivity contribution in [1.82, 2.24) is 4.57 Å². The van der Waals surface area contributed by atoms with E-state index in [4.69, 9.17) is 0 Å². The van der Waals surface area contributed by atoms with Crippen LogP contribution in [0.3, 0.4) is 0 Å². The molecule has 0 radical (unpaired) electrons. The first-order valence-electron chi connectivity index (χ1n) is 22.0. The summed E-state index contributed by atoms with van der Waals surface area (Å²) in [5, 5.41) is 7.41. The molecule has 0 spiro atoms. The number of hydrogen-bond acceptors (Lipinski definition) is 1. The lowest BCUT2D eigenvalue weighted by Crippen LogP contribution is -2.10. The monoisotopic (exact) mass is 814 g/mol. The predicted molar refractivity (Wildman–Crippen MR) is 272 cm³/mol. The van der Waals surface area contributed by atoms with Gasteiger partial charge in [0.25, 0.3) is 0 Å². The van der Waals surface area contributed by atoms with Gasteiger partial charge in [-0.3, -0.25) is 0 Å². The van der Waals surface area contributed by atoms with E-state index in [-0.39, 0.29) is 0 Å². The maximum Gasteiger partial charge on any atom is 0.0553 e. The molecule has 0 aliphatic heterocycles. The number of nitrogens with zero attached hydrogens (tertiary/aromatic N) is 2. The van der Waals surface area contributed by atoms with Gasteiger partial charge in [-0.05, 0) is 133 Å². The van der Waals surface area contributed by atoms with Crippen molar-refractivity contribution >= 4 is 60.4 Å². The molecular weight excluding hydrogens is 773 g/mol. The Balaban J connectivity index is 1.09. The molecule has 0 amide bonds. The van der Waals surface area contributed by atoms with E-state index in [1.54, 1.807) is 0 Å². The zero-order valence-electron chi connectivity index (χ0n) is 35.1. The van der Waals surface area contributed by atoms with Crippen LogP contribution in [0, 0.1) is 0 Å². The maximum atomic E-state index is 2.45. The van der Waals surface area contributed by atoms with Crippen molar-refractivity contribution in [2.75, 3.05) is 4.90 Å². The van der Waals surface area contributed by atoms with Crippen molar-refractivity contribution in [3.63, 3.8) is 0 Å². The van der Waals surface area contributed by atoms with Gasteiger partial charge in [-0.15, -0.1) is 0 Å². The van der Waals surface area contributed by atoms with Gasteiger partial charge in [-0.2, -0.15) is 0 Å². The first-order chi connectivity index (χ1) is 31.7. The Labute approximate surface area is 373 Å². The minimum Gasteiger partial charge on any atom is -0.310 e. The zero-order chi connectivity index (χ0) is 42.4. The molecule has 0 atom stereocenters. The summed E-state index contributed by atoms with van der Waals surface area (Å²) in [4.78, 5) is 2.41. The summed E-state index contributed by atoms with van der Waals surface area (Å²) in [6.45, 7) is 0. The van der Waals surface area contributed by atoms with Gasteiger partial charge < -0.3 is 9.47 Å². The molecule has 11 aromatic carbocycles. The highest BCUT2D eigenvalue weighted by molar-refractivity contribution is 6.18. The van der Waals surface area contributed by atoms with Gasteiger partial charge in [0.05, 0.1) is 11.0 Å². The molecule has 2 heteroatoms. The van der Waals surface area contributed by atoms with Crippen LogP contribution in [0.2, 0.25) is 0 Å². The number of fused-ring (bicyclic) bond motifs is 6. The van der Waals surface area contributed by atoms with Gasteiger partial charge >= 0.3 is 0 Å². The van der Waals surface area contributed by atoms with Crippen molar-refractivity contribution in [3.8, 4) is 50.2 Å². The zero-order valence-corrected chi connectivity index (χ0v) is 35.1. The number of para-hydroxylation sites is 1. The number of anilines is 3. The topological polar surface area (TPSA) is 8.17 Å².